The lowest BCUT2D eigenvalue weighted by Crippen LogP contribution is -2.22. The highest BCUT2D eigenvalue weighted by molar-refractivity contribution is 7.15. The molecule has 1 aliphatic rings. The molecule has 7 nitrogen and oxygen atoms in total. The number of carboxylic acids is 1. The fourth-order valence-corrected chi connectivity index (χ4v) is 5.24. The van der Waals surface area contributed by atoms with Gasteiger partial charge < -0.3 is 24.6 Å². The third-order valence-corrected chi connectivity index (χ3v) is 6.72. The van der Waals surface area contributed by atoms with Crippen molar-refractivity contribution >= 4 is 28.9 Å². The van der Waals surface area contributed by atoms with Gasteiger partial charge in [-0.25, -0.2) is 4.79 Å². The standard InChI is InChI=1S/C25H25NO6S/c1-13(2)32-18-10-7-15(11-19(18)31-4)17-12-20(27)26-22-21(24(25(28)29)33-23(17)22)14-5-8-16(30-3)9-6-14/h5-11,13,17H,12H2,1-4H3,(H,26,27)(H,28,29)/t17-/m1/s1. The van der Waals surface area contributed by atoms with Crippen LogP contribution in [0, 0.1) is 0 Å². The Morgan fingerprint density at radius 1 is 1.09 bits per heavy atom. The second-order valence-electron chi connectivity index (χ2n) is 7.96. The Kier molecular flexibility index (Phi) is 6.29. The molecule has 4 rings (SSSR count). The first-order valence-electron chi connectivity index (χ1n) is 10.5. The van der Waals surface area contributed by atoms with Gasteiger partial charge in [0.25, 0.3) is 0 Å². The summed E-state index contributed by atoms with van der Waals surface area (Å²) in [6, 6.07) is 12.7. The van der Waals surface area contributed by atoms with Crippen LogP contribution in [0.25, 0.3) is 11.1 Å². The molecule has 1 aromatic heterocycles. The minimum atomic E-state index is -1.04. The van der Waals surface area contributed by atoms with Crippen LogP contribution in [0.2, 0.25) is 0 Å². The number of ether oxygens (including phenoxy) is 3. The van der Waals surface area contributed by atoms with Crippen molar-refractivity contribution in [2.24, 2.45) is 0 Å². The number of carboxylic acid groups (broad SMARTS) is 1. The molecule has 1 atom stereocenters. The predicted octanol–water partition coefficient (Wildman–Crippen LogP) is 5.39. The number of hydrogen-bond acceptors (Lipinski definition) is 6. The normalized spacial score (nSPS) is 15.1. The molecular formula is C25H25NO6S. The zero-order valence-electron chi connectivity index (χ0n) is 18.8. The number of carbonyl (C=O) groups is 2. The van der Waals surface area contributed by atoms with Crippen LogP contribution in [0.4, 0.5) is 5.69 Å². The minimum Gasteiger partial charge on any atom is -0.497 e. The second-order valence-corrected chi connectivity index (χ2v) is 9.01. The van der Waals surface area contributed by atoms with Gasteiger partial charge in [0.15, 0.2) is 11.5 Å². The van der Waals surface area contributed by atoms with E-state index in [1.807, 2.05) is 32.0 Å². The van der Waals surface area contributed by atoms with Gasteiger partial charge in [-0.3, -0.25) is 4.79 Å². The van der Waals surface area contributed by atoms with Gasteiger partial charge in [0, 0.05) is 22.8 Å². The average molecular weight is 468 g/mol. The minimum absolute atomic E-state index is 0.0145. The topological polar surface area (TPSA) is 94.1 Å². The molecule has 0 unspecified atom stereocenters. The summed E-state index contributed by atoms with van der Waals surface area (Å²) >= 11 is 1.19. The number of fused-ring (bicyclic) bond motifs is 1. The number of nitrogens with one attached hydrogen (secondary N) is 1. The zero-order chi connectivity index (χ0) is 23.7. The summed E-state index contributed by atoms with van der Waals surface area (Å²) in [5, 5.41) is 12.9. The quantitative estimate of drug-likeness (QED) is 0.484. The number of aromatic carboxylic acids is 1. The predicted molar refractivity (Wildman–Crippen MR) is 127 cm³/mol. The molecule has 1 amide bonds. The van der Waals surface area contributed by atoms with Crippen molar-refractivity contribution in [3.05, 3.63) is 57.8 Å². The van der Waals surface area contributed by atoms with Crippen molar-refractivity contribution in [2.75, 3.05) is 19.5 Å². The number of anilines is 1. The maximum absolute atomic E-state index is 12.7. The number of hydrogen-bond donors (Lipinski definition) is 2. The lowest BCUT2D eigenvalue weighted by Gasteiger charge is -2.25. The molecule has 0 fully saturated rings. The molecule has 0 saturated carbocycles. The van der Waals surface area contributed by atoms with Crippen LogP contribution in [-0.4, -0.2) is 37.3 Å². The van der Waals surface area contributed by atoms with Gasteiger partial charge in [-0.15, -0.1) is 11.3 Å². The monoisotopic (exact) mass is 467 g/mol. The van der Waals surface area contributed by atoms with Gasteiger partial charge in [-0.05, 0) is 49.2 Å². The van der Waals surface area contributed by atoms with Crippen LogP contribution >= 0.6 is 11.3 Å². The number of methoxy groups -OCH3 is 2. The van der Waals surface area contributed by atoms with Gasteiger partial charge in [-0.1, -0.05) is 18.2 Å². The van der Waals surface area contributed by atoms with Crippen molar-refractivity contribution in [3.8, 4) is 28.4 Å². The number of amides is 1. The maximum atomic E-state index is 12.7. The molecule has 172 valence electrons. The van der Waals surface area contributed by atoms with Crippen LogP contribution in [0.5, 0.6) is 17.2 Å². The van der Waals surface area contributed by atoms with Crippen molar-refractivity contribution < 1.29 is 28.9 Å². The zero-order valence-corrected chi connectivity index (χ0v) is 19.6. The summed E-state index contributed by atoms with van der Waals surface area (Å²) < 4.78 is 16.6. The molecule has 2 N–H and O–H groups in total. The van der Waals surface area contributed by atoms with Gasteiger partial charge in [-0.2, -0.15) is 0 Å². The van der Waals surface area contributed by atoms with E-state index < -0.39 is 5.97 Å². The molecule has 2 aromatic carbocycles. The Hall–Kier alpha value is -3.52. The summed E-state index contributed by atoms with van der Waals surface area (Å²) in [5.41, 5.74) is 2.61. The van der Waals surface area contributed by atoms with Gasteiger partial charge in [0.05, 0.1) is 26.0 Å². The molecule has 8 heteroatoms. The SMILES string of the molecule is COc1ccc(-c2c(C(=O)O)sc3c2NC(=O)C[C@@H]3c2ccc(OC(C)C)c(OC)c2)cc1. The molecule has 0 saturated heterocycles. The van der Waals surface area contributed by atoms with Gasteiger partial charge in [0.2, 0.25) is 5.91 Å². The highest BCUT2D eigenvalue weighted by atomic mass is 32.1. The van der Waals surface area contributed by atoms with E-state index in [0.29, 0.717) is 34.1 Å². The third-order valence-electron chi connectivity index (χ3n) is 5.43. The van der Waals surface area contributed by atoms with Crippen LogP contribution < -0.4 is 19.5 Å². The van der Waals surface area contributed by atoms with E-state index in [-0.39, 0.29) is 29.2 Å². The first-order valence-corrected chi connectivity index (χ1v) is 11.3. The van der Waals surface area contributed by atoms with E-state index >= 15 is 0 Å². The Bertz CT molecular complexity index is 1200. The summed E-state index contributed by atoms with van der Waals surface area (Å²) in [4.78, 5) is 25.8. The summed E-state index contributed by atoms with van der Waals surface area (Å²) in [6.45, 7) is 3.87. The smallest absolute Gasteiger partial charge is 0.346 e. The van der Waals surface area contributed by atoms with Crippen LogP contribution in [0.15, 0.2) is 42.5 Å². The van der Waals surface area contributed by atoms with E-state index in [9.17, 15) is 14.7 Å². The largest absolute Gasteiger partial charge is 0.497 e. The van der Waals surface area contributed by atoms with E-state index in [2.05, 4.69) is 5.32 Å². The molecular weight excluding hydrogens is 442 g/mol. The van der Waals surface area contributed by atoms with Crippen molar-refractivity contribution in [1.29, 1.82) is 0 Å². The molecule has 2 heterocycles. The number of thiophene rings is 1. The second kappa shape index (κ2) is 9.15. The van der Waals surface area contributed by atoms with Crippen molar-refractivity contribution in [1.82, 2.24) is 0 Å². The van der Waals surface area contributed by atoms with Crippen LogP contribution in [-0.2, 0) is 4.79 Å². The lowest BCUT2D eigenvalue weighted by atomic mass is 9.88. The summed E-state index contributed by atoms with van der Waals surface area (Å²) in [7, 11) is 3.14. The van der Waals surface area contributed by atoms with E-state index in [0.717, 1.165) is 10.4 Å². The molecule has 1 aliphatic heterocycles. The van der Waals surface area contributed by atoms with Gasteiger partial charge >= 0.3 is 5.97 Å². The lowest BCUT2D eigenvalue weighted by molar-refractivity contribution is -0.116. The summed E-state index contributed by atoms with van der Waals surface area (Å²) in [5.74, 6) is 0.348. The Morgan fingerprint density at radius 2 is 1.82 bits per heavy atom. The number of rotatable bonds is 7. The highest BCUT2D eigenvalue weighted by Gasteiger charge is 2.34. The van der Waals surface area contributed by atoms with Crippen LogP contribution in [0.1, 0.15) is 46.3 Å². The van der Waals surface area contributed by atoms with Crippen molar-refractivity contribution in [3.63, 3.8) is 0 Å². The fraction of sp³-hybridized carbons (Fsp3) is 0.280. The molecule has 0 bridgehead atoms. The summed E-state index contributed by atoms with van der Waals surface area (Å²) in [6.07, 6.45) is 0.196. The average Bonchev–Trinajstić information content (AvgIpc) is 3.18. The Morgan fingerprint density at radius 3 is 2.42 bits per heavy atom. The Labute approximate surface area is 195 Å². The molecule has 0 radical (unpaired) electrons. The number of carbonyl (C=O) groups excluding carboxylic acids is 1. The van der Waals surface area contributed by atoms with E-state index in [1.165, 1.54) is 11.3 Å². The van der Waals surface area contributed by atoms with E-state index in [4.69, 9.17) is 14.2 Å². The molecule has 3 aromatic rings. The number of benzene rings is 2. The highest BCUT2D eigenvalue weighted by Crippen LogP contribution is 2.50. The first kappa shape index (κ1) is 22.7. The molecule has 33 heavy (non-hydrogen) atoms. The van der Waals surface area contributed by atoms with Gasteiger partial charge in [0.1, 0.15) is 10.6 Å². The third kappa shape index (κ3) is 4.39. The van der Waals surface area contributed by atoms with E-state index in [1.54, 1.807) is 38.5 Å². The van der Waals surface area contributed by atoms with Crippen LogP contribution in [0.3, 0.4) is 0 Å². The fourth-order valence-electron chi connectivity index (χ4n) is 3.99. The Balaban J connectivity index is 1.84. The van der Waals surface area contributed by atoms with Crippen molar-refractivity contribution in [2.45, 2.75) is 32.3 Å². The first-order chi connectivity index (χ1) is 15.8. The molecule has 0 spiro atoms. The molecule has 0 aliphatic carbocycles. The maximum Gasteiger partial charge on any atom is 0.346 e.